The predicted molar refractivity (Wildman–Crippen MR) is 86.9 cm³/mol. The molecule has 3 unspecified atom stereocenters. The molecule has 3 atom stereocenters. The summed E-state index contributed by atoms with van der Waals surface area (Å²) in [6.07, 6.45) is 5.14. The lowest BCUT2D eigenvalue weighted by Gasteiger charge is -2.41. The number of rotatable bonds is 5. The molecule has 1 N–H and O–H groups in total. The first kappa shape index (κ1) is 14.9. The van der Waals surface area contributed by atoms with Gasteiger partial charge in [-0.15, -0.1) is 0 Å². The van der Waals surface area contributed by atoms with Crippen LogP contribution in [0.25, 0.3) is 0 Å². The summed E-state index contributed by atoms with van der Waals surface area (Å²) < 4.78 is 6.14. The first-order valence-corrected chi connectivity index (χ1v) is 8.52. The number of benzene rings is 1. The van der Waals surface area contributed by atoms with E-state index < -0.39 is 0 Å². The zero-order valence-corrected chi connectivity index (χ0v) is 13.3. The van der Waals surface area contributed by atoms with Crippen LogP contribution in [-0.2, 0) is 6.42 Å². The minimum Gasteiger partial charge on any atom is -0.488 e. The number of piperazine rings is 1. The van der Waals surface area contributed by atoms with Crippen molar-refractivity contribution in [2.75, 3.05) is 19.6 Å². The molecule has 0 spiro atoms. The van der Waals surface area contributed by atoms with E-state index in [9.17, 15) is 0 Å². The molecule has 3 rings (SSSR count). The molecule has 1 saturated heterocycles. The highest BCUT2D eigenvalue weighted by atomic mass is 16.5. The van der Waals surface area contributed by atoms with Crippen LogP contribution in [0.15, 0.2) is 24.3 Å². The second-order valence-electron chi connectivity index (χ2n) is 6.46. The van der Waals surface area contributed by atoms with Crippen LogP contribution in [0.1, 0.15) is 38.7 Å². The first-order chi connectivity index (χ1) is 10.3. The number of hydrogen-bond donors (Lipinski definition) is 1. The summed E-state index contributed by atoms with van der Waals surface area (Å²) >= 11 is 0. The van der Waals surface area contributed by atoms with Gasteiger partial charge < -0.3 is 10.1 Å². The number of nitrogens with one attached hydrogen (secondary N) is 1. The molecule has 21 heavy (non-hydrogen) atoms. The van der Waals surface area contributed by atoms with Crippen LogP contribution in [0, 0.1) is 0 Å². The zero-order valence-electron chi connectivity index (χ0n) is 13.3. The van der Waals surface area contributed by atoms with Crippen molar-refractivity contribution >= 4 is 0 Å². The quantitative estimate of drug-likeness (QED) is 0.901. The summed E-state index contributed by atoms with van der Waals surface area (Å²) in [4.78, 5) is 2.66. The van der Waals surface area contributed by atoms with E-state index in [1.165, 1.54) is 31.4 Å². The average Bonchev–Trinajstić information content (AvgIpc) is 2.90. The van der Waals surface area contributed by atoms with Gasteiger partial charge in [-0.3, -0.25) is 4.90 Å². The summed E-state index contributed by atoms with van der Waals surface area (Å²) in [6, 6.07) is 9.79. The van der Waals surface area contributed by atoms with Crippen LogP contribution >= 0.6 is 0 Å². The Balaban J connectivity index is 1.60. The van der Waals surface area contributed by atoms with Gasteiger partial charge in [-0.05, 0) is 24.5 Å². The Labute approximate surface area is 128 Å². The van der Waals surface area contributed by atoms with Gasteiger partial charge in [0, 0.05) is 38.1 Å². The monoisotopic (exact) mass is 288 g/mol. The summed E-state index contributed by atoms with van der Waals surface area (Å²) in [5, 5.41) is 3.71. The maximum absolute atomic E-state index is 6.14. The molecule has 2 aliphatic heterocycles. The lowest BCUT2D eigenvalue weighted by atomic mass is 10.0. The normalized spacial score (nSPS) is 29.1. The highest BCUT2D eigenvalue weighted by Crippen LogP contribution is 2.29. The number of fused-ring (bicyclic) bond motifs is 1. The standard InChI is InChI=1S/C18H28N2O/c1-3-7-15-12-20(16(4-2)11-19-15)13-17-10-14-8-5-6-9-18(14)21-17/h5-6,8-9,15-17,19H,3-4,7,10-13H2,1-2H3. The van der Waals surface area contributed by atoms with Gasteiger partial charge in [0.2, 0.25) is 0 Å². The van der Waals surface area contributed by atoms with Crippen LogP contribution in [0.2, 0.25) is 0 Å². The van der Waals surface area contributed by atoms with E-state index in [0.29, 0.717) is 18.2 Å². The molecule has 0 amide bonds. The summed E-state index contributed by atoms with van der Waals surface area (Å²) in [7, 11) is 0. The third-order valence-corrected chi connectivity index (χ3v) is 4.87. The van der Waals surface area contributed by atoms with Crippen molar-refractivity contribution < 1.29 is 4.74 Å². The molecule has 0 radical (unpaired) electrons. The minimum atomic E-state index is 0.330. The van der Waals surface area contributed by atoms with Crippen molar-refractivity contribution in [1.29, 1.82) is 0 Å². The van der Waals surface area contributed by atoms with E-state index in [-0.39, 0.29) is 0 Å². The van der Waals surface area contributed by atoms with E-state index in [1.807, 2.05) is 0 Å². The van der Waals surface area contributed by atoms with Gasteiger partial charge >= 0.3 is 0 Å². The summed E-state index contributed by atoms with van der Waals surface area (Å²) in [6.45, 7) is 7.93. The largest absolute Gasteiger partial charge is 0.488 e. The molecular weight excluding hydrogens is 260 g/mol. The molecule has 3 nitrogen and oxygen atoms in total. The Bertz CT molecular complexity index is 437. The molecular formula is C18H28N2O. The Hall–Kier alpha value is -1.06. The molecule has 1 fully saturated rings. The fraction of sp³-hybridized carbons (Fsp3) is 0.667. The van der Waals surface area contributed by atoms with Gasteiger partial charge in [-0.1, -0.05) is 38.5 Å². The predicted octanol–water partition coefficient (Wildman–Crippen LogP) is 2.84. The van der Waals surface area contributed by atoms with Crippen molar-refractivity contribution in [3.8, 4) is 5.75 Å². The van der Waals surface area contributed by atoms with Gasteiger partial charge in [-0.25, -0.2) is 0 Å². The first-order valence-electron chi connectivity index (χ1n) is 8.52. The van der Waals surface area contributed by atoms with Crippen molar-refractivity contribution in [3.05, 3.63) is 29.8 Å². The topological polar surface area (TPSA) is 24.5 Å². The van der Waals surface area contributed by atoms with Gasteiger partial charge in [0.25, 0.3) is 0 Å². The Morgan fingerprint density at radius 1 is 1.29 bits per heavy atom. The molecule has 1 aromatic carbocycles. The minimum absolute atomic E-state index is 0.330. The molecule has 2 aliphatic rings. The number of ether oxygens (including phenoxy) is 1. The molecule has 0 aromatic heterocycles. The zero-order chi connectivity index (χ0) is 14.7. The SMILES string of the molecule is CCCC1CN(CC2Cc3ccccc3O2)C(CC)CN1. The number of nitrogens with zero attached hydrogens (tertiary/aromatic N) is 1. The van der Waals surface area contributed by atoms with E-state index in [2.05, 4.69) is 48.3 Å². The van der Waals surface area contributed by atoms with Crippen molar-refractivity contribution in [1.82, 2.24) is 10.2 Å². The molecule has 1 aromatic rings. The maximum Gasteiger partial charge on any atom is 0.123 e. The molecule has 3 heteroatoms. The average molecular weight is 288 g/mol. The van der Waals surface area contributed by atoms with Crippen LogP contribution in [0.4, 0.5) is 0 Å². The van der Waals surface area contributed by atoms with Crippen molar-refractivity contribution in [3.63, 3.8) is 0 Å². The van der Waals surface area contributed by atoms with E-state index in [1.54, 1.807) is 0 Å². The Morgan fingerprint density at radius 2 is 2.14 bits per heavy atom. The lowest BCUT2D eigenvalue weighted by Crippen LogP contribution is -2.58. The Morgan fingerprint density at radius 3 is 2.90 bits per heavy atom. The second-order valence-corrected chi connectivity index (χ2v) is 6.46. The summed E-state index contributed by atoms with van der Waals surface area (Å²) in [5.41, 5.74) is 1.37. The highest BCUT2D eigenvalue weighted by molar-refractivity contribution is 5.37. The number of hydrogen-bond acceptors (Lipinski definition) is 3. The van der Waals surface area contributed by atoms with Crippen LogP contribution < -0.4 is 10.1 Å². The van der Waals surface area contributed by atoms with Gasteiger partial charge in [0.1, 0.15) is 11.9 Å². The van der Waals surface area contributed by atoms with Crippen molar-refractivity contribution in [2.24, 2.45) is 0 Å². The molecule has 0 saturated carbocycles. The molecule has 0 bridgehead atoms. The van der Waals surface area contributed by atoms with E-state index in [0.717, 1.165) is 25.3 Å². The van der Waals surface area contributed by atoms with Crippen LogP contribution in [0.5, 0.6) is 5.75 Å². The third kappa shape index (κ3) is 3.41. The third-order valence-electron chi connectivity index (χ3n) is 4.87. The molecule has 0 aliphatic carbocycles. The smallest absolute Gasteiger partial charge is 0.123 e. The second kappa shape index (κ2) is 6.80. The van der Waals surface area contributed by atoms with Crippen molar-refractivity contribution in [2.45, 2.75) is 57.7 Å². The van der Waals surface area contributed by atoms with Gasteiger partial charge in [-0.2, -0.15) is 0 Å². The van der Waals surface area contributed by atoms with Gasteiger partial charge in [0.15, 0.2) is 0 Å². The maximum atomic E-state index is 6.14. The fourth-order valence-electron chi connectivity index (χ4n) is 3.71. The highest BCUT2D eigenvalue weighted by Gasteiger charge is 2.31. The molecule has 2 heterocycles. The van der Waals surface area contributed by atoms with E-state index in [4.69, 9.17) is 4.74 Å². The van der Waals surface area contributed by atoms with E-state index >= 15 is 0 Å². The summed E-state index contributed by atoms with van der Waals surface area (Å²) in [5.74, 6) is 1.09. The molecule has 116 valence electrons. The van der Waals surface area contributed by atoms with Crippen LogP contribution in [0.3, 0.4) is 0 Å². The number of para-hydroxylation sites is 1. The lowest BCUT2D eigenvalue weighted by molar-refractivity contribution is 0.0763. The Kier molecular flexibility index (Phi) is 4.81. The van der Waals surface area contributed by atoms with Gasteiger partial charge in [0.05, 0.1) is 0 Å². The fourth-order valence-corrected chi connectivity index (χ4v) is 3.71. The van der Waals surface area contributed by atoms with Crippen LogP contribution in [-0.4, -0.2) is 42.7 Å².